The highest BCUT2D eigenvalue weighted by Gasteiger charge is 2.48. The number of nitrogens with zero attached hydrogens (tertiary/aromatic N) is 2. The van der Waals surface area contributed by atoms with Gasteiger partial charge >= 0.3 is 0 Å². The van der Waals surface area contributed by atoms with Crippen LogP contribution in [0.25, 0.3) is 10.9 Å². The summed E-state index contributed by atoms with van der Waals surface area (Å²) >= 11 is 0. The molecule has 2 amide bonds. The van der Waals surface area contributed by atoms with E-state index in [0.717, 1.165) is 53.5 Å². The maximum absolute atomic E-state index is 14.0. The number of hydrogen-bond acceptors (Lipinski definition) is 3. The SMILES string of the molecule is COc1ccc2cc3n(c2c1)CC(C)(C(=O)NC1CCCCC1)N(Cc1ccccc1C)C3=O. The zero-order valence-electron chi connectivity index (χ0n) is 20.3. The highest BCUT2D eigenvalue weighted by Crippen LogP contribution is 2.35. The summed E-state index contributed by atoms with van der Waals surface area (Å²) in [4.78, 5) is 29.6. The molecule has 1 aliphatic heterocycles. The van der Waals surface area contributed by atoms with Crippen molar-refractivity contribution in [3.63, 3.8) is 0 Å². The van der Waals surface area contributed by atoms with Gasteiger partial charge in [-0.25, -0.2) is 0 Å². The number of benzene rings is 2. The lowest BCUT2D eigenvalue weighted by Gasteiger charge is -2.45. The second-order valence-electron chi connectivity index (χ2n) is 9.94. The van der Waals surface area contributed by atoms with E-state index in [9.17, 15) is 9.59 Å². The standard InChI is InChI=1S/C28H33N3O3/c1-19-9-7-8-10-21(19)17-31-26(32)25-15-20-13-14-23(34-3)16-24(20)30(25)18-28(31,2)27(33)29-22-11-5-4-6-12-22/h7-10,13-16,22H,4-6,11-12,17-18H2,1-3H3,(H,29,33). The number of nitrogens with one attached hydrogen (secondary N) is 1. The van der Waals surface area contributed by atoms with E-state index in [1.54, 1.807) is 12.0 Å². The minimum Gasteiger partial charge on any atom is -0.497 e. The van der Waals surface area contributed by atoms with Crippen LogP contribution in [0.15, 0.2) is 48.5 Å². The van der Waals surface area contributed by atoms with Crippen molar-refractivity contribution in [1.29, 1.82) is 0 Å². The van der Waals surface area contributed by atoms with Crippen molar-refractivity contribution in [2.24, 2.45) is 0 Å². The monoisotopic (exact) mass is 459 g/mol. The quantitative estimate of drug-likeness (QED) is 0.595. The van der Waals surface area contributed by atoms with Crippen LogP contribution in [0.3, 0.4) is 0 Å². The lowest BCUT2D eigenvalue weighted by molar-refractivity contribution is -0.134. The smallest absolute Gasteiger partial charge is 0.271 e. The molecule has 1 fully saturated rings. The van der Waals surface area contributed by atoms with Crippen molar-refractivity contribution in [2.45, 2.75) is 70.6 Å². The Hall–Kier alpha value is -3.28. The van der Waals surface area contributed by atoms with Crippen molar-refractivity contribution in [3.8, 4) is 5.75 Å². The Morgan fingerprint density at radius 2 is 1.88 bits per heavy atom. The van der Waals surface area contributed by atoms with Crippen molar-refractivity contribution >= 4 is 22.7 Å². The number of rotatable bonds is 5. The molecule has 2 aromatic carbocycles. The van der Waals surface area contributed by atoms with Crippen molar-refractivity contribution in [2.75, 3.05) is 7.11 Å². The van der Waals surface area contributed by atoms with E-state index in [2.05, 4.69) is 5.32 Å². The average molecular weight is 460 g/mol. The van der Waals surface area contributed by atoms with Gasteiger partial charge in [-0.2, -0.15) is 0 Å². The summed E-state index contributed by atoms with van der Waals surface area (Å²) in [5, 5.41) is 4.27. The Morgan fingerprint density at radius 3 is 2.62 bits per heavy atom. The van der Waals surface area contributed by atoms with Gasteiger partial charge in [0, 0.05) is 24.0 Å². The summed E-state index contributed by atoms with van der Waals surface area (Å²) in [6.07, 6.45) is 5.51. The molecule has 2 aliphatic rings. The van der Waals surface area contributed by atoms with Crippen LogP contribution in [0.1, 0.15) is 60.6 Å². The second-order valence-corrected chi connectivity index (χ2v) is 9.94. The van der Waals surface area contributed by atoms with E-state index < -0.39 is 5.54 Å². The van der Waals surface area contributed by atoms with E-state index in [0.29, 0.717) is 18.8 Å². The second kappa shape index (κ2) is 8.82. The molecular weight excluding hydrogens is 426 g/mol. The third-order valence-corrected chi connectivity index (χ3v) is 7.66. The average Bonchev–Trinajstić information content (AvgIpc) is 3.21. The Morgan fingerprint density at radius 1 is 1.12 bits per heavy atom. The molecule has 1 unspecified atom stereocenters. The number of ether oxygens (including phenoxy) is 1. The Bertz CT molecular complexity index is 1240. The molecule has 3 aromatic rings. The van der Waals surface area contributed by atoms with Crippen molar-refractivity contribution in [1.82, 2.24) is 14.8 Å². The normalized spacial score (nSPS) is 20.9. The largest absolute Gasteiger partial charge is 0.497 e. The van der Waals surface area contributed by atoms with Crippen LogP contribution in [0.5, 0.6) is 5.75 Å². The summed E-state index contributed by atoms with van der Waals surface area (Å²) in [5.41, 5.74) is 2.67. The molecule has 1 aliphatic carbocycles. The van der Waals surface area contributed by atoms with Gasteiger partial charge in [-0.1, -0.05) is 43.5 Å². The van der Waals surface area contributed by atoms with Gasteiger partial charge in [0.05, 0.1) is 19.2 Å². The maximum atomic E-state index is 14.0. The molecule has 0 spiro atoms. The van der Waals surface area contributed by atoms with Gasteiger partial charge < -0.3 is 19.5 Å². The number of amides is 2. The number of methoxy groups -OCH3 is 1. The number of aromatic nitrogens is 1. The lowest BCUT2D eigenvalue weighted by atomic mass is 9.90. The van der Waals surface area contributed by atoms with E-state index in [1.165, 1.54) is 6.42 Å². The van der Waals surface area contributed by atoms with Gasteiger partial charge in [0.25, 0.3) is 5.91 Å². The first-order chi connectivity index (χ1) is 16.4. The zero-order chi connectivity index (χ0) is 23.9. The van der Waals surface area contributed by atoms with Crippen LogP contribution in [-0.2, 0) is 17.9 Å². The number of aryl methyl sites for hydroxylation is 1. The van der Waals surface area contributed by atoms with Crippen LogP contribution >= 0.6 is 0 Å². The summed E-state index contributed by atoms with van der Waals surface area (Å²) < 4.78 is 7.43. The number of carbonyl (C=O) groups is 2. The molecule has 1 N–H and O–H groups in total. The zero-order valence-corrected chi connectivity index (χ0v) is 20.3. The summed E-state index contributed by atoms with van der Waals surface area (Å²) in [7, 11) is 1.64. The molecule has 1 atom stereocenters. The molecule has 6 heteroatoms. The predicted octanol–water partition coefficient (Wildman–Crippen LogP) is 4.82. The van der Waals surface area contributed by atoms with E-state index >= 15 is 0 Å². The van der Waals surface area contributed by atoms with Gasteiger partial charge in [0.15, 0.2) is 0 Å². The van der Waals surface area contributed by atoms with Gasteiger partial charge in [-0.3, -0.25) is 9.59 Å². The van der Waals surface area contributed by atoms with E-state index in [4.69, 9.17) is 4.74 Å². The molecule has 0 radical (unpaired) electrons. The van der Waals surface area contributed by atoms with Gasteiger partial charge in [0.2, 0.25) is 5.91 Å². The third-order valence-electron chi connectivity index (χ3n) is 7.66. The molecule has 0 bridgehead atoms. The first-order valence-electron chi connectivity index (χ1n) is 12.3. The molecule has 178 valence electrons. The van der Waals surface area contributed by atoms with E-state index in [-0.39, 0.29) is 17.9 Å². The van der Waals surface area contributed by atoms with Crippen LogP contribution < -0.4 is 10.1 Å². The van der Waals surface area contributed by atoms with Crippen LogP contribution in [0.4, 0.5) is 0 Å². The molecule has 6 nitrogen and oxygen atoms in total. The van der Waals surface area contributed by atoms with Crippen LogP contribution in [0.2, 0.25) is 0 Å². The fourth-order valence-corrected chi connectivity index (χ4v) is 5.45. The molecule has 1 saturated carbocycles. The Balaban J connectivity index is 1.58. The van der Waals surface area contributed by atoms with Gasteiger partial charge in [-0.15, -0.1) is 0 Å². The van der Waals surface area contributed by atoms with Crippen LogP contribution in [-0.4, -0.2) is 40.0 Å². The summed E-state index contributed by atoms with van der Waals surface area (Å²) in [6.45, 7) is 4.75. The molecule has 1 aromatic heterocycles. The van der Waals surface area contributed by atoms with Gasteiger partial charge in [-0.05, 0) is 56.0 Å². The first kappa shape index (κ1) is 22.5. The Labute approximate surface area is 200 Å². The van der Waals surface area contributed by atoms with Crippen molar-refractivity contribution in [3.05, 3.63) is 65.4 Å². The molecule has 5 rings (SSSR count). The summed E-state index contributed by atoms with van der Waals surface area (Å²) in [6, 6.07) is 16.0. The lowest BCUT2D eigenvalue weighted by Crippen LogP contribution is -2.64. The Kier molecular flexibility index (Phi) is 5.84. The van der Waals surface area contributed by atoms with E-state index in [1.807, 2.05) is 66.9 Å². The number of fused-ring (bicyclic) bond motifs is 3. The molecule has 2 heterocycles. The fourth-order valence-electron chi connectivity index (χ4n) is 5.45. The number of hydrogen-bond donors (Lipinski definition) is 1. The minimum absolute atomic E-state index is 0.0725. The minimum atomic E-state index is -1.02. The fraction of sp³-hybridized carbons (Fsp3) is 0.429. The summed E-state index contributed by atoms with van der Waals surface area (Å²) in [5.74, 6) is 0.541. The van der Waals surface area contributed by atoms with Crippen molar-refractivity contribution < 1.29 is 14.3 Å². The highest BCUT2D eigenvalue weighted by atomic mass is 16.5. The van der Waals surface area contributed by atoms with Gasteiger partial charge in [0.1, 0.15) is 17.0 Å². The third kappa shape index (κ3) is 3.85. The van der Waals surface area contributed by atoms with Crippen LogP contribution in [0, 0.1) is 6.92 Å². The maximum Gasteiger partial charge on any atom is 0.271 e. The first-order valence-corrected chi connectivity index (χ1v) is 12.3. The molecule has 0 saturated heterocycles. The molecule has 34 heavy (non-hydrogen) atoms. The predicted molar refractivity (Wildman–Crippen MR) is 133 cm³/mol. The topological polar surface area (TPSA) is 63.6 Å². The number of carbonyl (C=O) groups excluding carboxylic acids is 2. The highest BCUT2D eigenvalue weighted by molar-refractivity contribution is 6.03. The molecular formula is C28H33N3O3.